The molecule has 2 rings (SSSR count). The molecule has 0 bridgehead atoms. The lowest BCUT2D eigenvalue weighted by atomic mass is 9.80. The standard InChI is InChI=1S/C14H19BrFN/c1-17-10-14(6-2-3-7-14)9-11-4-5-12(16)8-13(11)15/h4-5,8,17H,2-3,6-7,9-10H2,1H3. The molecular formula is C14H19BrFN. The second kappa shape index (κ2) is 5.49. The maximum Gasteiger partial charge on any atom is 0.124 e. The van der Waals surface area contributed by atoms with Gasteiger partial charge in [0.05, 0.1) is 0 Å². The Morgan fingerprint density at radius 3 is 2.65 bits per heavy atom. The van der Waals surface area contributed by atoms with Crippen molar-refractivity contribution in [3.8, 4) is 0 Å². The van der Waals surface area contributed by atoms with Crippen LogP contribution in [0.4, 0.5) is 4.39 Å². The fourth-order valence-corrected chi connectivity index (χ4v) is 3.48. The summed E-state index contributed by atoms with van der Waals surface area (Å²) in [6, 6.07) is 5.04. The molecule has 1 aliphatic rings. The third kappa shape index (κ3) is 3.08. The van der Waals surface area contributed by atoms with Crippen molar-refractivity contribution in [3.63, 3.8) is 0 Å². The van der Waals surface area contributed by atoms with Crippen molar-refractivity contribution in [2.75, 3.05) is 13.6 Å². The molecule has 3 heteroatoms. The topological polar surface area (TPSA) is 12.0 Å². The maximum atomic E-state index is 13.1. The van der Waals surface area contributed by atoms with Gasteiger partial charge in [-0.2, -0.15) is 0 Å². The Morgan fingerprint density at radius 1 is 1.35 bits per heavy atom. The van der Waals surface area contributed by atoms with Crippen LogP contribution in [0.2, 0.25) is 0 Å². The van der Waals surface area contributed by atoms with Crippen LogP contribution in [0, 0.1) is 11.2 Å². The van der Waals surface area contributed by atoms with Gasteiger partial charge in [-0.25, -0.2) is 4.39 Å². The number of nitrogens with one attached hydrogen (secondary N) is 1. The maximum absolute atomic E-state index is 13.1. The molecule has 0 unspecified atom stereocenters. The summed E-state index contributed by atoms with van der Waals surface area (Å²) in [5.74, 6) is -0.172. The minimum atomic E-state index is -0.172. The van der Waals surface area contributed by atoms with E-state index < -0.39 is 0 Å². The van der Waals surface area contributed by atoms with Gasteiger partial charge in [-0.15, -0.1) is 0 Å². The summed E-state index contributed by atoms with van der Waals surface area (Å²) in [5.41, 5.74) is 1.60. The van der Waals surface area contributed by atoms with Gasteiger partial charge in [0, 0.05) is 11.0 Å². The smallest absolute Gasteiger partial charge is 0.124 e. The molecule has 0 aliphatic heterocycles. The molecule has 1 nitrogen and oxygen atoms in total. The summed E-state index contributed by atoms with van der Waals surface area (Å²) in [6.45, 7) is 1.05. The third-order valence-electron chi connectivity index (χ3n) is 3.80. The van der Waals surface area contributed by atoms with Crippen LogP contribution in [0.1, 0.15) is 31.2 Å². The summed E-state index contributed by atoms with van der Waals surface area (Å²) < 4.78 is 14.0. The minimum absolute atomic E-state index is 0.172. The number of benzene rings is 1. The van der Waals surface area contributed by atoms with E-state index in [0.29, 0.717) is 5.41 Å². The Morgan fingerprint density at radius 2 is 2.06 bits per heavy atom. The highest BCUT2D eigenvalue weighted by atomic mass is 79.9. The molecule has 0 amide bonds. The van der Waals surface area contributed by atoms with Crippen LogP contribution in [-0.2, 0) is 6.42 Å². The van der Waals surface area contributed by atoms with E-state index in [-0.39, 0.29) is 5.82 Å². The molecular weight excluding hydrogens is 281 g/mol. The van der Waals surface area contributed by atoms with Gasteiger partial charge in [-0.1, -0.05) is 34.8 Å². The first kappa shape index (κ1) is 13.0. The Balaban J connectivity index is 2.17. The van der Waals surface area contributed by atoms with Gasteiger partial charge in [-0.05, 0) is 49.4 Å². The fourth-order valence-electron chi connectivity index (χ4n) is 2.99. The zero-order valence-corrected chi connectivity index (χ0v) is 11.8. The van der Waals surface area contributed by atoms with E-state index in [1.54, 1.807) is 12.1 Å². The number of rotatable bonds is 4. The number of halogens is 2. The second-order valence-electron chi connectivity index (χ2n) is 5.15. The predicted octanol–water partition coefficient (Wildman–Crippen LogP) is 3.91. The molecule has 1 N–H and O–H groups in total. The van der Waals surface area contributed by atoms with E-state index in [9.17, 15) is 4.39 Å². The van der Waals surface area contributed by atoms with Gasteiger partial charge in [-0.3, -0.25) is 0 Å². The van der Waals surface area contributed by atoms with Crippen molar-refractivity contribution in [2.45, 2.75) is 32.1 Å². The van der Waals surface area contributed by atoms with E-state index in [2.05, 4.69) is 21.2 Å². The molecule has 1 saturated carbocycles. The van der Waals surface area contributed by atoms with Crippen molar-refractivity contribution in [3.05, 3.63) is 34.1 Å². The average molecular weight is 300 g/mol. The monoisotopic (exact) mass is 299 g/mol. The van der Waals surface area contributed by atoms with Crippen LogP contribution in [0.25, 0.3) is 0 Å². The van der Waals surface area contributed by atoms with Crippen molar-refractivity contribution >= 4 is 15.9 Å². The van der Waals surface area contributed by atoms with Gasteiger partial charge in [0.1, 0.15) is 5.82 Å². The molecule has 0 saturated heterocycles. The van der Waals surface area contributed by atoms with Crippen molar-refractivity contribution < 1.29 is 4.39 Å². The van der Waals surface area contributed by atoms with Crippen LogP contribution in [0.15, 0.2) is 22.7 Å². The summed E-state index contributed by atoms with van der Waals surface area (Å²) in [6.07, 6.45) is 6.23. The largest absolute Gasteiger partial charge is 0.319 e. The molecule has 1 aromatic carbocycles. The van der Waals surface area contributed by atoms with Crippen LogP contribution >= 0.6 is 15.9 Å². The molecule has 17 heavy (non-hydrogen) atoms. The number of hydrogen-bond donors (Lipinski definition) is 1. The van der Waals surface area contributed by atoms with E-state index >= 15 is 0 Å². The highest BCUT2D eigenvalue weighted by Gasteiger charge is 2.33. The second-order valence-corrected chi connectivity index (χ2v) is 6.00. The third-order valence-corrected chi connectivity index (χ3v) is 4.53. The minimum Gasteiger partial charge on any atom is -0.319 e. The van der Waals surface area contributed by atoms with Crippen LogP contribution in [0.3, 0.4) is 0 Å². The summed E-state index contributed by atoms with van der Waals surface area (Å²) in [5, 5.41) is 3.31. The molecule has 0 heterocycles. The average Bonchev–Trinajstić information content (AvgIpc) is 2.72. The zero-order chi connectivity index (χ0) is 12.3. The summed E-state index contributed by atoms with van der Waals surface area (Å²) in [4.78, 5) is 0. The summed E-state index contributed by atoms with van der Waals surface area (Å²) in [7, 11) is 2.01. The van der Waals surface area contributed by atoms with Crippen molar-refractivity contribution in [1.29, 1.82) is 0 Å². The molecule has 0 radical (unpaired) electrons. The zero-order valence-electron chi connectivity index (χ0n) is 10.2. The Kier molecular flexibility index (Phi) is 4.21. The lowest BCUT2D eigenvalue weighted by Crippen LogP contribution is -2.32. The van der Waals surface area contributed by atoms with Gasteiger partial charge < -0.3 is 5.32 Å². The first-order chi connectivity index (χ1) is 8.15. The lowest BCUT2D eigenvalue weighted by molar-refractivity contribution is 0.285. The van der Waals surface area contributed by atoms with E-state index in [1.807, 2.05) is 13.1 Å². The normalized spacial score (nSPS) is 18.5. The molecule has 0 aromatic heterocycles. The number of hydrogen-bond acceptors (Lipinski definition) is 1. The first-order valence-electron chi connectivity index (χ1n) is 6.24. The molecule has 1 fully saturated rings. The van der Waals surface area contributed by atoms with Gasteiger partial charge in [0.2, 0.25) is 0 Å². The highest BCUT2D eigenvalue weighted by molar-refractivity contribution is 9.10. The lowest BCUT2D eigenvalue weighted by Gasteiger charge is -2.29. The Hall–Kier alpha value is -0.410. The molecule has 1 aliphatic carbocycles. The van der Waals surface area contributed by atoms with E-state index in [0.717, 1.165) is 17.4 Å². The van der Waals surface area contributed by atoms with Crippen molar-refractivity contribution in [2.24, 2.45) is 5.41 Å². The Labute approximate surface area is 111 Å². The SMILES string of the molecule is CNCC1(Cc2ccc(F)cc2Br)CCCC1. The van der Waals surface area contributed by atoms with Gasteiger partial charge >= 0.3 is 0 Å². The fraction of sp³-hybridized carbons (Fsp3) is 0.571. The van der Waals surface area contributed by atoms with Crippen molar-refractivity contribution in [1.82, 2.24) is 5.32 Å². The molecule has 0 spiro atoms. The first-order valence-corrected chi connectivity index (χ1v) is 7.03. The molecule has 94 valence electrons. The van der Waals surface area contributed by atoms with Crippen LogP contribution < -0.4 is 5.32 Å². The summed E-state index contributed by atoms with van der Waals surface area (Å²) >= 11 is 3.47. The molecule has 0 atom stereocenters. The quantitative estimate of drug-likeness (QED) is 0.889. The Bertz CT molecular complexity index is 386. The highest BCUT2D eigenvalue weighted by Crippen LogP contribution is 2.41. The van der Waals surface area contributed by atoms with E-state index in [1.165, 1.54) is 31.2 Å². The molecule has 1 aromatic rings. The van der Waals surface area contributed by atoms with Crippen LogP contribution in [0.5, 0.6) is 0 Å². The van der Waals surface area contributed by atoms with Crippen LogP contribution in [-0.4, -0.2) is 13.6 Å². The predicted molar refractivity (Wildman–Crippen MR) is 72.6 cm³/mol. The van der Waals surface area contributed by atoms with Gasteiger partial charge in [0.15, 0.2) is 0 Å². The van der Waals surface area contributed by atoms with E-state index in [4.69, 9.17) is 0 Å². The van der Waals surface area contributed by atoms with Gasteiger partial charge in [0.25, 0.3) is 0 Å².